The van der Waals surface area contributed by atoms with Crippen LogP contribution in [0.5, 0.6) is 5.75 Å². The van der Waals surface area contributed by atoms with Crippen LogP contribution in [0.1, 0.15) is 25.7 Å². The second-order valence-electron chi connectivity index (χ2n) is 5.10. The van der Waals surface area contributed by atoms with Crippen LogP contribution >= 0.6 is 15.9 Å². The van der Waals surface area contributed by atoms with Crippen molar-refractivity contribution >= 4 is 26.8 Å². The van der Waals surface area contributed by atoms with Crippen molar-refractivity contribution in [2.24, 2.45) is 5.73 Å². The number of benzene rings is 1. The molecule has 2 aromatic rings. The summed E-state index contributed by atoms with van der Waals surface area (Å²) in [4.78, 5) is 4.40. The third-order valence-electron chi connectivity index (χ3n) is 3.69. The number of halogens is 1. The summed E-state index contributed by atoms with van der Waals surface area (Å²) in [6, 6.07) is 8.36. The number of rotatable bonds is 2. The van der Waals surface area contributed by atoms with Crippen LogP contribution in [0.25, 0.3) is 10.9 Å². The molecule has 100 valence electrons. The third-order valence-corrected chi connectivity index (χ3v) is 4.33. The van der Waals surface area contributed by atoms with E-state index >= 15 is 0 Å². The molecule has 0 amide bonds. The Bertz CT molecular complexity index is 579. The number of nitrogens with two attached hydrogens (primary N) is 1. The predicted molar refractivity (Wildman–Crippen MR) is 80.3 cm³/mol. The first kappa shape index (κ1) is 12.9. The second kappa shape index (κ2) is 5.47. The summed E-state index contributed by atoms with van der Waals surface area (Å²) in [6.07, 6.45) is 6.27. The molecule has 1 aliphatic carbocycles. The van der Waals surface area contributed by atoms with Crippen LogP contribution in [-0.2, 0) is 0 Å². The van der Waals surface area contributed by atoms with Gasteiger partial charge in [-0.25, -0.2) is 0 Å². The topological polar surface area (TPSA) is 48.1 Å². The second-order valence-corrected chi connectivity index (χ2v) is 5.95. The molecular formula is C15H17BrN2O. The van der Waals surface area contributed by atoms with E-state index in [1.807, 2.05) is 18.2 Å². The summed E-state index contributed by atoms with van der Waals surface area (Å²) in [7, 11) is 0. The Morgan fingerprint density at radius 2 is 1.95 bits per heavy atom. The van der Waals surface area contributed by atoms with E-state index in [4.69, 9.17) is 10.5 Å². The van der Waals surface area contributed by atoms with Gasteiger partial charge in [0.1, 0.15) is 5.75 Å². The molecule has 19 heavy (non-hydrogen) atoms. The lowest BCUT2D eigenvalue weighted by Gasteiger charge is -2.27. The molecule has 1 saturated carbocycles. The maximum atomic E-state index is 6.16. The lowest BCUT2D eigenvalue weighted by molar-refractivity contribution is 0.149. The molecule has 1 aromatic heterocycles. The molecular weight excluding hydrogens is 304 g/mol. The average molecular weight is 321 g/mol. The molecule has 1 fully saturated rings. The van der Waals surface area contributed by atoms with Crippen molar-refractivity contribution in [1.82, 2.24) is 4.98 Å². The number of hydrogen-bond acceptors (Lipinski definition) is 3. The molecule has 0 atom stereocenters. The molecule has 0 bridgehead atoms. The van der Waals surface area contributed by atoms with Gasteiger partial charge in [0.2, 0.25) is 0 Å². The van der Waals surface area contributed by atoms with Crippen LogP contribution in [0.15, 0.2) is 34.9 Å². The summed E-state index contributed by atoms with van der Waals surface area (Å²) >= 11 is 3.53. The SMILES string of the molecule is N[C@H]1CC[C@H](Oc2ccnc3c(Br)cccc23)CC1. The molecule has 3 nitrogen and oxygen atoms in total. The minimum atomic E-state index is 0.282. The summed E-state index contributed by atoms with van der Waals surface area (Å²) in [5.41, 5.74) is 6.88. The number of aromatic nitrogens is 1. The van der Waals surface area contributed by atoms with E-state index in [-0.39, 0.29) is 6.10 Å². The van der Waals surface area contributed by atoms with Gasteiger partial charge in [0.05, 0.1) is 11.6 Å². The maximum Gasteiger partial charge on any atom is 0.130 e. The smallest absolute Gasteiger partial charge is 0.130 e. The zero-order valence-corrected chi connectivity index (χ0v) is 12.3. The van der Waals surface area contributed by atoms with E-state index < -0.39 is 0 Å². The molecule has 0 aliphatic heterocycles. The largest absolute Gasteiger partial charge is 0.490 e. The highest BCUT2D eigenvalue weighted by atomic mass is 79.9. The van der Waals surface area contributed by atoms with E-state index in [1.165, 1.54) is 0 Å². The van der Waals surface area contributed by atoms with Crippen LogP contribution in [0, 0.1) is 0 Å². The van der Waals surface area contributed by atoms with Crippen LogP contribution in [0.4, 0.5) is 0 Å². The van der Waals surface area contributed by atoms with Crippen molar-refractivity contribution < 1.29 is 4.74 Å². The van der Waals surface area contributed by atoms with Gasteiger partial charge in [-0.1, -0.05) is 6.07 Å². The van der Waals surface area contributed by atoms with Crippen molar-refractivity contribution in [3.63, 3.8) is 0 Å². The van der Waals surface area contributed by atoms with Crippen LogP contribution < -0.4 is 10.5 Å². The highest BCUT2D eigenvalue weighted by Gasteiger charge is 2.20. The van der Waals surface area contributed by atoms with Crippen LogP contribution in [0.2, 0.25) is 0 Å². The van der Waals surface area contributed by atoms with Crippen LogP contribution in [0.3, 0.4) is 0 Å². The number of fused-ring (bicyclic) bond motifs is 1. The van der Waals surface area contributed by atoms with Crippen molar-refractivity contribution in [2.75, 3.05) is 0 Å². The van der Waals surface area contributed by atoms with Crippen molar-refractivity contribution in [3.8, 4) is 5.75 Å². The lowest BCUT2D eigenvalue weighted by atomic mass is 9.94. The number of para-hydroxylation sites is 1. The summed E-state index contributed by atoms with van der Waals surface area (Å²) in [5, 5.41) is 1.06. The van der Waals surface area contributed by atoms with E-state index in [1.54, 1.807) is 6.20 Å². The van der Waals surface area contributed by atoms with Gasteiger partial charge in [-0.2, -0.15) is 0 Å². The summed E-state index contributed by atoms with van der Waals surface area (Å²) in [6.45, 7) is 0. The van der Waals surface area contributed by atoms with Gasteiger partial charge in [-0.3, -0.25) is 4.98 Å². The van der Waals surface area contributed by atoms with Gasteiger partial charge < -0.3 is 10.5 Å². The monoisotopic (exact) mass is 320 g/mol. The minimum Gasteiger partial charge on any atom is -0.490 e. The summed E-state index contributed by atoms with van der Waals surface area (Å²) in [5.74, 6) is 0.923. The molecule has 0 unspecified atom stereocenters. The Hall–Kier alpha value is -1.13. The maximum absolute atomic E-state index is 6.16. The van der Waals surface area contributed by atoms with Gasteiger partial charge in [0.15, 0.2) is 0 Å². The first-order valence-electron chi connectivity index (χ1n) is 6.69. The number of pyridine rings is 1. The standard InChI is InChI=1S/C15H17BrN2O/c16-13-3-1-2-12-14(8-9-18-15(12)13)19-11-6-4-10(17)5-7-11/h1-3,8-11H,4-7,17H2/t10-,11-. The van der Waals surface area contributed by atoms with Gasteiger partial charge >= 0.3 is 0 Å². The average Bonchev–Trinajstić information content (AvgIpc) is 2.43. The fourth-order valence-corrected chi connectivity index (χ4v) is 3.07. The van der Waals surface area contributed by atoms with Crippen LogP contribution in [-0.4, -0.2) is 17.1 Å². The molecule has 1 aromatic carbocycles. The summed E-state index contributed by atoms with van der Waals surface area (Å²) < 4.78 is 7.16. The fraction of sp³-hybridized carbons (Fsp3) is 0.400. The first-order chi connectivity index (χ1) is 9.24. The van der Waals surface area contributed by atoms with Crippen molar-refractivity contribution in [3.05, 3.63) is 34.9 Å². The first-order valence-corrected chi connectivity index (χ1v) is 7.49. The minimum absolute atomic E-state index is 0.282. The van der Waals surface area contributed by atoms with Gasteiger partial charge in [0, 0.05) is 22.1 Å². The highest BCUT2D eigenvalue weighted by Crippen LogP contribution is 2.31. The molecule has 4 heteroatoms. The molecule has 0 radical (unpaired) electrons. The zero-order chi connectivity index (χ0) is 13.2. The van der Waals surface area contributed by atoms with E-state index in [0.29, 0.717) is 6.04 Å². The Morgan fingerprint density at radius 3 is 2.74 bits per heavy atom. The molecule has 0 spiro atoms. The molecule has 0 saturated heterocycles. The van der Waals surface area contributed by atoms with Gasteiger partial charge in [-0.05, 0) is 59.8 Å². The third kappa shape index (κ3) is 2.74. The quantitative estimate of drug-likeness (QED) is 0.918. The Kier molecular flexibility index (Phi) is 3.71. The molecule has 3 rings (SSSR count). The van der Waals surface area contributed by atoms with E-state index in [0.717, 1.165) is 46.8 Å². The molecule has 1 heterocycles. The van der Waals surface area contributed by atoms with E-state index in [9.17, 15) is 0 Å². The highest BCUT2D eigenvalue weighted by molar-refractivity contribution is 9.10. The Morgan fingerprint density at radius 1 is 1.16 bits per heavy atom. The van der Waals surface area contributed by atoms with E-state index in [2.05, 4.69) is 27.0 Å². The van der Waals surface area contributed by atoms with Gasteiger partial charge in [0.25, 0.3) is 0 Å². The van der Waals surface area contributed by atoms with Crippen molar-refractivity contribution in [1.29, 1.82) is 0 Å². The fourth-order valence-electron chi connectivity index (χ4n) is 2.60. The van der Waals surface area contributed by atoms with Gasteiger partial charge in [-0.15, -0.1) is 0 Å². The molecule has 2 N–H and O–H groups in total. The number of nitrogens with zero attached hydrogens (tertiary/aromatic N) is 1. The Labute approximate surface area is 121 Å². The van der Waals surface area contributed by atoms with Crippen molar-refractivity contribution in [2.45, 2.75) is 37.8 Å². The lowest BCUT2D eigenvalue weighted by Crippen LogP contribution is -2.31. The Balaban J connectivity index is 1.87. The molecule has 1 aliphatic rings. The number of hydrogen-bond donors (Lipinski definition) is 1. The predicted octanol–water partition coefficient (Wildman–Crippen LogP) is 3.65. The number of ether oxygens (including phenoxy) is 1. The normalized spacial score (nSPS) is 23.5. The zero-order valence-electron chi connectivity index (χ0n) is 10.7.